The second kappa shape index (κ2) is 5.95. The van der Waals surface area contributed by atoms with Crippen LogP contribution in [-0.2, 0) is 6.54 Å². The maximum atomic E-state index is 12.3. The molecule has 3 rings (SSSR count). The van der Waals surface area contributed by atoms with Crippen LogP contribution in [0.15, 0.2) is 59.4 Å². The van der Waals surface area contributed by atoms with Crippen molar-refractivity contribution in [2.24, 2.45) is 0 Å². The maximum Gasteiger partial charge on any atom is 0.368 e. The van der Waals surface area contributed by atoms with Gasteiger partial charge in [-0.1, -0.05) is 54.1 Å². The van der Waals surface area contributed by atoms with E-state index in [1.807, 2.05) is 6.07 Å². The van der Waals surface area contributed by atoms with Crippen molar-refractivity contribution < 1.29 is 4.79 Å². The van der Waals surface area contributed by atoms with E-state index in [1.165, 1.54) is 0 Å². The molecule has 22 heavy (non-hydrogen) atoms. The summed E-state index contributed by atoms with van der Waals surface area (Å²) in [4.78, 5) is 24.4. The van der Waals surface area contributed by atoms with Gasteiger partial charge < -0.3 is 0 Å². The average Bonchev–Trinajstić information content (AvgIpc) is 2.90. The van der Waals surface area contributed by atoms with E-state index in [0.29, 0.717) is 16.3 Å². The van der Waals surface area contributed by atoms with E-state index in [2.05, 4.69) is 10.4 Å². The van der Waals surface area contributed by atoms with Crippen LogP contribution < -0.4 is 5.69 Å². The van der Waals surface area contributed by atoms with Crippen LogP contribution in [0.3, 0.4) is 0 Å². The summed E-state index contributed by atoms with van der Waals surface area (Å²) in [6.45, 7) is -0.173. The van der Waals surface area contributed by atoms with E-state index < -0.39 is 5.69 Å². The Morgan fingerprint density at radius 3 is 2.41 bits per heavy atom. The van der Waals surface area contributed by atoms with Gasteiger partial charge in [0.05, 0.1) is 10.7 Å². The lowest BCUT2D eigenvalue weighted by molar-refractivity contribution is 0.0965. The zero-order chi connectivity index (χ0) is 15.5. The number of rotatable bonds is 4. The first-order valence-electron chi connectivity index (χ1n) is 6.53. The predicted octanol–water partition coefficient (Wildman–Crippen LogP) is 1.97. The summed E-state index contributed by atoms with van der Waals surface area (Å²) < 4.78 is 2.08. The Morgan fingerprint density at radius 2 is 1.68 bits per heavy atom. The summed E-state index contributed by atoms with van der Waals surface area (Å²) in [7, 11) is 0. The molecule has 1 heterocycles. The van der Waals surface area contributed by atoms with E-state index in [-0.39, 0.29) is 12.3 Å². The highest BCUT2D eigenvalue weighted by Gasteiger charge is 2.14. The fourth-order valence-electron chi connectivity index (χ4n) is 2.00. The lowest BCUT2D eigenvalue weighted by Gasteiger charge is -2.01. The summed E-state index contributed by atoms with van der Waals surface area (Å²) in [5.41, 5.74) is 0.423. The Morgan fingerprint density at radius 1 is 1.00 bits per heavy atom. The molecule has 0 radical (unpaired) electrons. The second-order valence-electron chi connectivity index (χ2n) is 4.57. The van der Waals surface area contributed by atoms with E-state index >= 15 is 0 Å². The molecule has 0 atom stereocenters. The molecule has 0 fully saturated rings. The predicted molar refractivity (Wildman–Crippen MR) is 81.4 cm³/mol. The quantitative estimate of drug-likeness (QED) is 0.690. The van der Waals surface area contributed by atoms with Crippen LogP contribution in [0.5, 0.6) is 0 Å². The van der Waals surface area contributed by atoms with E-state index in [9.17, 15) is 9.59 Å². The van der Waals surface area contributed by atoms with Crippen molar-refractivity contribution in [2.75, 3.05) is 0 Å². The van der Waals surface area contributed by atoms with E-state index in [4.69, 9.17) is 11.6 Å². The third kappa shape index (κ3) is 2.68. The SMILES string of the molecule is O=C(Cn1nnn(-c2ccccc2Cl)c1=O)c1ccccc1. The number of benzene rings is 2. The van der Waals surface area contributed by atoms with Gasteiger partial charge in [0, 0.05) is 5.56 Å². The monoisotopic (exact) mass is 314 g/mol. The fraction of sp³-hybridized carbons (Fsp3) is 0.0667. The molecule has 0 N–H and O–H groups in total. The molecule has 1 aromatic heterocycles. The molecule has 0 saturated carbocycles. The van der Waals surface area contributed by atoms with Gasteiger partial charge in [-0.15, -0.1) is 0 Å². The van der Waals surface area contributed by atoms with Gasteiger partial charge in [-0.3, -0.25) is 4.79 Å². The summed E-state index contributed by atoms with van der Waals surface area (Å²) in [5.74, 6) is -0.214. The van der Waals surface area contributed by atoms with Crippen LogP contribution in [0.1, 0.15) is 10.4 Å². The fourth-order valence-corrected chi connectivity index (χ4v) is 2.22. The Labute approximate surface area is 130 Å². The molecule has 0 bridgehead atoms. The molecule has 3 aromatic rings. The summed E-state index contributed by atoms with van der Waals surface area (Å²) in [5, 5.41) is 7.89. The molecule has 0 aliphatic rings. The summed E-state index contributed by atoms with van der Waals surface area (Å²) >= 11 is 6.04. The van der Waals surface area contributed by atoms with Crippen molar-refractivity contribution in [3.05, 3.63) is 75.7 Å². The summed E-state index contributed by atoms with van der Waals surface area (Å²) in [6, 6.07) is 15.5. The first-order chi connectivity index (χ1) is 10.7. The Hall–Kier alpha value is -2.73. The van der Waals surface area contributed by atoms with Gasteiger partial charge in [-0.25, -0.2) is 4.79 Å². The van der Waals surface area contributed by atoms with Gasteiger partial charge in [0.15, 0.2) is 5.78 Å². The van der Waals surface area contributed by atoms with Gasteiger partial charge in [-0.05, 0) is 22.6 Å². The van der Waals surface area contributed by atoms with Crippen LogP contribution in [0.2, 0.25) is 5.02 Å². The number of tetrazole rings is 1. The Bertz CT molecular complexity index is 871. The molecule has 6 nitrogen and oxygen atoms in total. The minimum atomic E-state index is -0.516. The van der Waals surface area contributed by atoms with E-state index in [1.54, 1.807) is 48.5 Å². The first kappa shape index (κ1) is 14.2. The van der Waals surface area contributed by atoms with Gasteiger partial charge in [0.25, 0.3) is 0 Å². The normalized spacial score (nSPS) is 10.6. The topological polar surface area (TPSA) is 69.8 Å². The average molecular weight is 315 g/mol. The van der Waals surface area contributed by atoms with Gasteiger partial charge in [0.1, 0.15) is 6.54 Å². The number of hydrogen-bond donors (Lipinski definition) is 0. The third-order valence-electron chi connectivity index (χ3n) is 3.11. The zero-order valence-corrected chi connectivity index (χ0v) is 12.1. The van der Waals surface area contributed by atoms with Crippen LogP contribution in [-0.4, -0.2) is 25.6 Å². The van der Waals surface area contributed by atoms with Crippen molar-refractivity contribution in [1.82, 2.24) is 19.8 Å². The number of Topliss-reactive ketones (excluding diaryl/α,β-unsaturated/α-hetero) is 1. The molecular weight excluding hydrogens is 304 g/mol. The highest BCUT2D eigenvalue weighted by atomic mass is 35.5. The molecule has 0 aliphatic carbocycles. The maximum absolute atomic E-state index is 12.3. The first-order valence-corrected chi connectivity index (χ1v) is 6.90. The molecule has 0 aliphatic heterocycles. The molecule has 2 aromatic carbocycles. The van der Waals surface area contributed by atoms with Crippen molar-refractivity contribution in [3.63, 3.8) is 0 Å². The van der Waals surface area contributed by atoms with Crippen molar-refractivity contribution in [3.8, 4) is 5.69 Å². The van der Waals surface area contributed by atoms with Gasteiger partial charge in [-0.2, -0.15) is 9.36 Å². The molecule has 0 unspecified atom stereocenters. The van der Waals surface area contributed by atoms with Crippen LogP contribution in [0.25, 0.3) is 5.69 Å². The van der Waals surface area contributed by atoms with E-state index in [0.717, 1.165) is 9.36 Å². The molecule has 0 spiro atoms. The number of carbonyl (C=O) groups excluding carboxylic acids is 1. The third-order valence-corrected chi connectivity index (χ3v) is 3.43. The lowest BCUT2D eigenvalue weighted by atomic mass is 10.1. The number of halogens is 1. The van der Waals surface area contributed by atoms with Crippen LogP contribution >= 0.6 is 11.6 Å². The van der Waals surface area contributed by atoms with Crippen molar-refractivity contribution in [2.45, 2.75) is 6.54 Å². The van der Waals surface area contributed by atoms with Gasteiger partial charge >= 0.3 is 5.69 Å². The summed E-state index contributed by atoms with van der Waals surface area (Å²) in [6.07, 6.45) is 0. The van der Waals surface area contributed by atoms with Crippen LogP contribution in [0, 0.1) is 0 Å². The van der Waals surface area contributed by atoms with Crippen LogP contribution in [0.4, 0.5) is 0 Å². The number of nitrogens with zero attached hydrogens (tertiary/aromatic N) is 4. The highest BCUT2D eigenvalue weighted by molar-refractivity contribution is 6.32. The standard InChI is InChI=1S/C15H11ClN4O2/c16-12-8-4-5-9-13(12)20-15(22)19(17-18-20)10-14(21)11-6-2-1-3-7-11/h1-9H,10H2. The molecule has 0 saturated heterocycles. The molecule has 7 heteroatoms. The number of carbonyl (C=O) groups is 1. The zero-order valence-electron chi connectivity index (χ0n) is 11.4. The number of ketones is 1. The van der Waals surface area contributed by atoms with Crippen molar-refractivity contribution >= 4 is 17.4 Å². The molecule has 0 amide bonds. The smallest absolute Gasteiger partial charge is 0.292 e. The number of hydrogen-bond acceptors (Lipinski definition) is 4. The van der Waals surface area contributed by atoms with Gasteiger partial charge in [0.2, 0.25) is 0 Å². The minimum Gasteiger partial charge on any atom is -0.292 e. The minimum absolute atomic E-state index is 0.173. The lowest BCUT2D eigenvalue weighted by Crippen LogP contribution is -2.27. The largest absolute Gasteiger partial charge is 0.368 e. The number of para-hydroxylation sites is 1. The highest BCUT2D eigenvalue weighted by Crippen LogP contribution is 2.16. The Balaban J connectivity index is 1.90. The molecule has 110 valence electrons. The van der Waals surface area contributed by atoms with Crippen molar-refractivity contribution in [1.29, 1.82) is 0 Å². The Kier molecular flexibility index (Phi) is 3.84. The molecular formula is C15H11ClN4O2. The second-order valence-corrected chi connectivity index (χ2v) is 4.98. The number of aromatic nitrogens is 4.